The van der Waals surface area contributed by atoms with Crippen molar-refractivity contribution in [2.75, 3.05) is 4.72 Å². The molecule has 3 aromatic rings. The summed E-state index contributed by atoms with van der Waals surface area (Å²) in [6.45, 7) is 6.81. The summed E-state index contributed by atoms with van der Waals surface area (Å²) in [7, 11) is -3.86. The highest BCUT2D eigenvalue weighted by Gasteiger charge is 2.25. The van der Waals surface area contributed by atoms with Crippen LogP contribution in [-0.4, -0.2) is 24.0 Å². The van der Waals surface area contributed by atoms with E-state index in [1.807, 2.05) is 31.2 Å². The van der Waals surface area contributed by atoms with Crippen LogP contribution in [0.5, 0.6) is 0 Å². The van der Waals surface area contributed by atoms with E-state index in [9.17, 15) is 13.2 Å². The summed E-state index contributed by atoms with van der Waals surface area (Å²) in [4.78, 5) is 11.7. The fraction of sp³-hybridized carbons (Fsp3) is 0.200. The maximum Gasteiger partial charge on any atom is 0.265 e. The van der Waals surface area contributed by atoms with Gasteiger partial charge in [0.25, 0.3) is 10.0 Å². The Balaban J connectivity index is 2.01. The lowest BCUT2D eigenvalue weighted by Crippen LogP contribution is -2.15. The Labute approximate surface area is 158 Å². The van der Waals surface area contributed by atoms with Gasteiger partial charge in [0.2, 0.25) is 0 Å². The number of carbonyl (C=O) groups is 1. The molecule has 0 aliphatic heterocycles. The molecule has 0 aliphatic carbocycles. The number of nitrogens with one attached hydrogen (secondary N) is 1. The maximum absolute atomic E-state index is 13.0. The quantitative estimate of drug-likeness (QED) is 0.680. The fourth-order valence-corrected chi connectivity index (χ4v) is 4.41. The van der Waals surface area contributed by atoms with Crippen LogP contribution in [0.25, 0.3) is 5.69 Å². The molecule has 0 radical (unpaired) electrons. The van der Waals surface area contributed by atoms with Crippen molar-refractivity contribution in [2.45, 2.75) is 32.6 Å². The topological polar surface area (TPSA) is 81.1 Å². The predicted molar refractivity (Wildman–Crippen MR) is 105 cm³/mol. The lowest BCUT2D eigenvalue weighted by Gasteiger charge is -2.10. The molecule has 1 N–H and O–H groups in total. The van der Waals surface area contributed by atoms with Crippen LogP contribution in [0.2, 0.25) is 0 Å². The number of ketones is 1. The molecule has 1 heterocycles. The highest BCUT2D eigenvalue weighted by molar-refractivity contribution is 7.92. The van der Waals surface area contributed by atoms with Crippen LogP contribution in [0, 0.1) is 20.8 Å². The molecule has 0 amide bonds. The van der Waals surface area contributed by atoms with Crippen molar-refractivity contribution in [2.24, 2.45) is 0 Å². The zero-order valence-electron chi connectivity index (χ0n) is 15.6. The van der Waals surface area contributed by atoms with Crippen molar-refractivity contribution in [3.8, 4) is 5.69 Å². The summed E-state index contributed by atoms with van der Waals surface area (Å²) in [5.74, 6) is -0.129. The summed E-state index contributed by atoms with van der Waals surface area (Å²) in [6.07, 6.45) is 0. The van der Waals surface area contributed by atoms with Gasteiger partial charge < -0.3 is 0 Å². The zero-order valence-corrected chi connectivity index (χ0v) is 16.5. The molecule has 7 heteroatoms. The van der Waals surface area contributed by atoms with Gasteiger partial charge in [-0.3, -0.25) is 9.52 Å². The highest BCUT2D eigenvalue weighted by Crippen LogP contribution is 2.25. The Hall–Kier alpha value is -2.93. The summed E-state index contributed by atoms with van der Waals surface area (Å²) >= 11 is 0. The maximum atomic E-state index is 13.0. The SMILES string of the molecule is CC(=O)c1cccc(NS(=O)(=O)c2c(C)nn(-c3ccc(C)cc3)c2C)c1. The molecule has 0 saturated carbocycles. The van der Waals surface area contributed by atoms with E-state index in [1.165, 1.54) is 13.0 Å². The van der Waals surface area contributed by atoms with Crippen LogP contribution in [0.1, 0.15) is 34.2 Å². The van der Waals surface area contributed by atoms with Crippen LogP contribution < -0.4 is 4.72 Å². The number of nitrogens with zero attached hydrogens (tertiary/aromatic N) is 2. The molecule has 0 saturated heterocycles. The number of rotatable bonds is 5. The first kappa shape index (κ1) is 18.8. The van der Waals surface area contributed by atoms with E-state index >= 15 is 0 Å². The Morgan fingerprint density at radius 2 is 1.70 bits per heavy atom. The van der Waals surface area contributed by atoms with E-state index in [0.717, 1.165) is 11.3 Å². The van der Waals surface area contributed by atoms with Crippen molar-refractivity contribution >= 4 is 21.5 Å². The van der Waals surface area contributed by atoms with Crippen molar-refractivity contribution < 1.29 is 13.2 Å². The van der Waals surface area contributed by atoms with Crippen molar-refractivity contribution in [3.05, 3.63) is 71.0 Å². The van der Waals surface area contributed by atoms with Gasteiger partial charge in [0.1, 0.15) is 4.90 Å². The normalized spacial score (nSPS) is 11.4. The number of hydrogen-bond donors (Lipinski definition) is 1. The fourth-order valence-electron chi connectivity index (χ4n) is 2.96. The molecule has 0 aliphatic rings. The molecule has 2 aromatic carbocycles. The molecule has 140 valence electrons. The van der Waals surface area contributed by atoms with Gasteiger partial charge in [-0.15, -0.1) is 0 Å². The Kier molecular flexibility index (Phi) is 4.89. The van der Waals surface area contributed by atoms with E-state index in [1.54, 1.807) is 36.7 Å². The minimum atomic E-state index is -3.86. The van der Waals surface area contributed by atoms with Gasteiger partial charge in [0, 0.05) is 11.3 Å². The molecule has 0 fully saturated rings. The molecular formula is C20H21N3O3S. The zero-order chi connectivity index (χ0) is 19.8. The summed E-state index contributed by atoms with van der Waals surface area (Å²) in [6, 6.07) is 14.1. The average Bonchev–Trinajstić information content (AvgIpc) is 2.90. The largest absolute Gasteiger partial charge is 0.295 e. The Morgan fingerprint density at radius 3 is 2.33 bits per heavy atom. The minimum absolute atomic E-state index is 0.129. The molecule has 1 aromatic heterocycles. The lowest BCUT2D eigenvalue weighted by molar-refractivity contribution is 0.101. The minimum Gasteiger partial charge on any atom is -0.295 e. The van der Waals surface area contributed by atoms with Gasteiger partial charge in [-0.2, -0.15) is 5.10 Å². The van der Waals surface area contributed by atoms with Gasteiger partial charge in [0.15, 0.2) is 5.78 Å². The number of aromatic nitrogens is 2. The second-order valence-corrected chi connectivity index (χ2v) is 8.11. The summed E-state index contributed by atoms with van der Waals surface area (Å²) in [5, 5.41) is 4.41. The number of carbonyl (C=O) groups excluding carboxylic acids is 1. The molecular weight excluding hydrogens is 362 g/mol. The van der Waals surface area contributed by atoms with Crippen LogP contribution in [0.15, 0.2) is 53.4 Å². The third-order valence-corrected chi connectivity index (χ3v) is 5.93. The molecule has 6 nitrogen and oxygen atoms in total. The molecule has 3 rings (SSSR count). The van der Waals surface area contributed by atoms with E-state index in [2.05, 4.69) is 9.82 Å². The van der Waals surface area contributed by atoms with Crippen molar-refractivity contribution in [3.63, 3.8) is 0 Å². The van der Waals surface area contributed by atoms with Gasteiger partial charge in [0.05, 0.1) is 17.1 Å². The van der Waals surface area contributed by atoms with E-state index in [0.29, 0.717) is 22.6 Å². The standard InChI is InChI=1S/C20H21N3O3S/c1-13-8-10-19(11-9-13)23-15(3)20(14(2)21-23)27(25,26)22-18-7-5-6-17(12-18)16(4)24/h5-12,22H,1-4H3. The number of anilines is 1. The van der Waals surface area contributed by atoms with Crippen LogP contribution >= 0.6 is 0 Å². The molecule has 0 atom stereocenters. The number of benzene rings is 2. The number of aryl methyl sites for hydroxylation is 2. The van der Waals surface area contributed by atoms with Crippen LogP contribution in [0.4, 0.5) is 5.69 Å². The molecule has 0 bridgehead atoms. The third-order valence-electron chi connectivity index (χ3n) is 4.29. The van der Waals surface area contributed by atoms with Gasteiger partial charge in [-0.25, -0.2) is 13.1 Å². The second-order valence-electron chi connectivity index (χ2n) is 6.49. The van der Waals surface area contributed by atoms with Crippen molar-refractivity contribution in [1.82, 2.24) is 9.78 Å². The first-order valence-electron chi connectivity index (χ1n) is 8.46. The first-order chi connectivity index (χ1) is 12.7. The van der Waals surface area contributed by atoms with E-state index in [4.69, 9.17) is 0 Å². The number of hydrogen-bond acceptors (Lipinski definition) is 4. The molecule has 27 heavy (non-hydrogen) atoms. The highest BCUT2D eigenvalue weighted by atomic mass is 32.2. The Bertz CT molecular complexity index is 1110. The predicted octanol–water partition coefficient (Wildman–Crippen LogP) is 3.80. The van der Waals surface area contributed by atoms with Crippen molar-refractivity contribution in [1.29, 1.82) is 0 Å². The van der Waals surface area contributed by atoms with E-state index < -0.39 is 10.0 Å². The van der Waals surface area contributed by atoms with Gasteiger partial charge >= 0.3 is 0 Å². The van der Waals surface area contributed by atoms with Gasteiger partial charge in [-0.05, 0) is 52.0 Å². The lowest BCUT2D eigenvalue weighted by atomic mass is 10.1. The monoisotopic (exact) mass is 383 g/mol. The molecule has 0 unspecified atom stereocenters. The van der Waals surface area contributed by atoms with Gasteiger partial charge in [-0.1, -0.05) is 29.8 Å². The second kappa shape index (κ2) is 7.00. The summed E-state index contributed by atoms with van der Waals surface area (Å²) in [5.41, 5.74) is 3.61. The number of Topliss-reactive ketones (excluding diaryl/α,β-unsaturated/α-hetero) is 1. The third kappa shape index (κ3) is 3.78. The van der Waals surface area contributed by atoms with Crippen LogP contribution in [0.3, 0.4) is 0 Å². The first-order valence-corrected chi connectivity index (χ1v) is 9.94. The number of sulfonamides is 1. The average molecular weight is 383 g/mol. The van der Waals surface area contributed by atoms with E-state index in [-0.39, 0.29) is 10.7 Å². The Morgan fingerprint density at radius 1 is 1.04 bits per heavy atom. The summed E-state index contributed by atoms with van der Waals surface area (Å²) < 4.78 is 30.1. The smallest absolute Gasteiger partial charge is 0.265 e. The van der Waals surface area contributed by atoms with Crippen LogP contribution in [-0.2, 0) is 10.0 Å². The molecule has 0 spiro atoms.